The van der Waals surface area contributed by atoms with Gasteiger partial charge in [-0.1, -0.05) is 22.0 Å². The van der Waals surface area contributed by atoms with E-state index in [1.165, 1.54) is 11.3 Å². The summed E-state index contributed by atoms with van der Waals surface area (Å²) >= 11 is 3.49. The second-order valence-electron chi connectivity index (χ2n) is 4.07. The van der Waals surface area contributed by atoms with Crippen LogP contribution in [0.5, 0.6) is 0 Å². The highest BCUT2D eigenvalue weighted by Gasteiger charge is 2.24. The highest BCUT2D eigenvalue weighted by Crippen LogP contribution is 2.24. The van der Waals surface area contributed by atoms with Crippen molar-refractivity contribution in [3.63, 3.8) is 0 Å². The summed E-state index contributed by atoms with van der Waals surface area (Å²) in [6.45, 7) is 5.11. The van der Waals surface area contributed by atoms with Gasteiger partial charge in [0.25, 0.3) is 0 Å². The molecule has 2 nitrogen and oxygen atoms in total. The molecule has 1 heterocycles. The monoisotopic (exact) mass is 269 g/mol. The molecule has 0 bridgehead atoms. The van der Waals surface area contributed by atoms with Crippen LogP contribution in [-0.2, 0) is 4.74 Å². The minimum Gasteiger partial charge on any atom is -0.379 e. The van der Waals surface area contributed by atoms with E-state index in [0.717, 1.165) is 17.5 Å². The van der Waals surface area contributed by atoms with E-state index < -0.39 is 0 Å². The predicted octanol–water partition coefficient (Wildman–Crippen LogP) is 3.35. The zero-order valence-corrected chi connectivity index (χ0v) is 10.7. The lowest BCUT2D eigenvalue weighted by Gasteiger charge is -2.19. The van der Waals surface area contributed by atoms with Crippen molar-refractivity contribution < 1.29 is 4.74 Å². The summed E-state index contributed by atoms with van der Waals surface area (Å²) < 4.78 is 6.65. The number of anilines is 1. The number of halogens is 1. The molecule has 15 heavy (non-hydrogen) atoms. The van der Waals surface area contributed by atoms with Crippen LogP contribution in [0, 0.1) is 6.92 Å². The van der Waals surface area contributed by atoms with Crippen LogP contribution in [0.3, 0.4) is 0 Å². The first-order valence-electron chi connectivity index (χ1n) is 5.31. The SMILES string of the molecule is Cc1ccc(Br)cc1N[C@H]1CCO[C@H]1C. The third kappa shape index (κ3) is 2.52. The van der Waals surface area contributed by atoms with Crippen molar-refractivity contribution in [1.82, 2.24) is 0 Å². The molecule has 0 unspecified atom stereocenters. The number of hydrogen-bond acceptors (Lipinski definition) is 2. The van der Waals surface area contributed by atoms with Crippen molar-refractivity contribution in [1.29, 1.82) is 0 Å². The average molecular weight is 270 g/mol. The second-order valence-corrected chi connectivity index (χ2v) is 4.99. The molecule has 0 amide bonds. The first-order valence-corrected chi connectivity index (χ1v) is 6.10. The fraction of sp³-hybridized carbons (Fsp3) is 0.500. The Balaban J connectivity index is 2.12. The van der Waals surface area contributed by atoms with Crippen molar-refractivity contribution in [2.24, 2.45) is 0 Å². The molecule has 3 heteroatoms. The van der Waals surface area contributed by atoms with Gasteiger partial charge in [-0.05, 0) is 38.0 Å². The molecule has 0 saturated carbocycles. The quantitative estimate of drug-likeness (QED) is 0.889. The number of hydrogen-bond donors (Lipinski definition) is 1. The van der Waals surface area contributed by atoms with Gasteiger partial charge in [-0.25, -0.2) is 0 Å². The molecule has 1 aromatic rings. The number of benzene rings is 1. The van der Waals surface area contributed by atoms with Gasteiger partial charge in [0, 0.05) is 16.8 Å². The van der Waals surface area contributed by atoms with Crippen LogP contribution < -0.4 is 5.32 Å². The summed E-state index contributed by atoms with van der Waals surface area (Å²) in [7, 11) is 0. The summed E-state index contributed by atoms with van der Waals surface area (Å²) in [6, 6.07) is 6.75. The Morgan fingerprint density at radius 2 is 2.27 bits per heavy atom. The second kappa shape index (κ2) is 4.54. The summed E-state index contributed by atoms with van der Waals surface area (Å²) in [5.41, 5.74) is 2.48. The van der Waals surface area contributed by atoms with Gasteiger partial charge in [-0.3, -0.25) is 0 Å². The van der Waals surface area contributed by atoms with Crippen LogP contribution in [0.1, 0.15) is 18.9 Å². The fourth-order valence-electron chi connectivity index (χ4n) is 1.87. The van der Waals surface area contributed by atoms with Crippen molar-refractivity contribution in [3.8, 4) is 0 Å². The maximum Gasteiger partial charge on any atom is 0.0748 e. The molecule has 1 fully saturated rings. The fourth-order valence-corrected chi connectivity index (χ4v) is 2.23. The van der Waals surface area contributed by atoms with Crippen LogP contribution in [-0.4, -0.2) is 18.8 Å². The van der Waals surface area contributed by atoms with E-state index in [9.17, 15) is 0 Å². The van der Waals surface area contributed by atoms with E-state index in [1.807, 2.05) is 0 Å². The Hall–Kier alpha value is -0.540. The molecular formula is C12H16BrNO. The zero-order chi connectivity index (χ0) is 10.8. The van der Waals surface area contributed by atoms with Crippen LogP contribution in [0.15, 0.2) is 22.7 Å². The standard InChI is InChI=1S/C12H16BrNO/c1-8-3-4-10(13)7-12(8)14-11-5-6-15-9(11)2/h3-4,7,9,11,14H,5-6H2,1-2H3/t9-,11-/m0/s1. The predicted molar refractivity (Wildman–Crippen MR) is 66.3 cm³/mol. The van der Waals surface area contributed by atoms with E-state index in [4.69, 9.17) is 4.74 Å². The van der Waals surface area contributed by atoms with Gasteiger partial charge < -0.3 is 10.1 Å². The Labute approximate surface area is 99.1 Å². The Bertz CT molecular complexity index is 353. The van der Waals surface area contributed by atoms with Gasteiger partial charge in [-0.2, -0.15) is 0 Å². The average Bonchev–Trinajstić information content (AvgIpc) is 2.58. The van der Waals surface area contributed by atoms with E-state index >= 15 is 0 Å². The van der Waals surface area contributed by atoms with Crippen molar-refractivity contribution in [3.05, 3.63) is 28.2 Å². The van der Waals surface area contributed by atoms with Crippen LogP contribution in [0.25, 0.3) is 0 Å². The van der Waals surface area contributed by atoms with Crippen molar-refractivity contribution >= 4 is 21.6 Å². The molecule has 82 valence electrons. The molecule has 1 aliphatic heterocycles. The Morgan fingerprint density at radius 1 is 1.47 bits per heavy atom. The van der Waals surface area contributed by atoms with Gasteiger partial charge in [0.05, 0.1) is 12.1 Å². The van der Waals surface area contributed by atoms with Crippen molar-refractivity contribution in [2.45, 2.75) is 32.4 Å². The molecule has 0 spiro atoms. The van der Waals surface area contributed by atoms with Gasteiger partial charge in [0.2, 0.25) is 0 Å². The summed E-state index contributed by atoms with van der Waals surface area (Å²) in [6.07, 6.45) is 1.40. The van der Waals surface area contributed by atoms with Gasteiger partial charge in [0.15, 0.2) is 0 Å². The maximum absolute atomic E-state index is 5.53. The van der Waals surface area contributed by atoms with Gasteiger partial charge in [0.1, 0.15) is 0 Å². The largest absolute Gasteiger partial charge is 0.379 e. The lowest BCUT2D eigenvalue weighted by atomic mass is 10.1. The number of aryl methyl sites for hydroxylation is 1. The lowest BCUT2D eigenvalue weighted by Crippen LogP contribution is -2.26. The van der Waals surface area contributed by atoms with Crippen LogP contribution >= 0.6 is 15.9 Å². The van der Waals surface area contributed by atoms with E-state index in [1.54, 1.807) is 0 Å². The third-order valence-corrected chi connectivity index (χ3v) is 3.41. The van der Waals surface area contributed by atoms with Crippen molar-refractivity contribution in [2.75, 3.05) is 11.9 Å². The zero-order valence-electron chi connectivity index (χ0n) is 9.09. The molecule has 2 atom stereocenters. The smallest absolute Gasteiger partial charge is 0.0748 e. The van der Waals surface area contributed by atoms with E-state index in [2.05, 4.69) is 53.3 Å². The highest BCUT2D eigenvalue weighted by molar-refractivity contribution is 9.10. The number of ether oxygens (including phenoxy) is 1. The number of rotatable bonds is 2. The lowest BCUT2D eigenvalue weighted by molar-refractivity contribution is 0.121. The van der Waals surface area contributed by atoms with Crippen LogP contribution in [0.4, 0.5) is 5.69 Å². The minimum absolute atomic E-state index is 0.309. The molecule has 2 rings (SSSR count). The summed E-state index contributed by atoms with van der Waals surface area (Å²) in [5.74, 6) is 0. The molecule has 1 aliphatic rings. The highest BCUT2D eigenvalue weighted by atomic mass is 79.9. The summed E-state index contributed by atoms with van der Waals surface area (Å²) in [5, 5.41) is 3.54. The molecule has 0 aromatic heterocycles. The Morgan fingerprint density at radius 3 is 2.93 bits per heavy atom. The van der Waals surface area contributed by atoms with Gasteiger partial charge in [-0.15, -0.1) is 0 Å². The topological polar surface area (TPSA) is 21.3 Å². The molecule has 1 aromatic carbocycles. The maximum atomic E-state index is 5.53. The van der Waals surface area contributed by atoms with Crippen LogP contribution in [0.2, 0.25) is 0 Å². The minimum atomic E-state index is 0.309. The molecule has 1 saturated heterocycles. The normalized spacial score (nSPS) is 25.5. The summed E-state index contributed by atoms with van der Waals surface area (Å²) in [4.78, 5) is 0. The first-order chi connectivity index (χ1) is 7.16. The molecular weight excluding hydrogens is 254 g/mol. The molecule has 0 radical (unpaired) electrons. The first kappa shape index (κ1) is 11.0. The number of nitrogens with one attached hydrogen (secondary N) is 1. The van der Waals surface area contributed by atoms with E-state index in [-0.39, 0.29) is 0 Å². The molecule has 1 N–H and O–H groups in total. The Kier molecular flexibility index (Phi) is 3.32. The molecule has 0 aliphatic carbocycles. The van der Waals surface area contributed by atoms with Gasteiger partial charge >= 0.3 is 0 Å². The third-order valence-electron chi connectivity index (χ3n) is 2.92. The van der Waals surface area contributed by atoms with E-state index in [0.29, 0.717) is 12.1 Å².